The van der Waals surface area contributed by atoms with Gasteiger partial charge in [0.25, 0.3) is 0 Å². The van der Waals surface area contributed by atoms with E-state index < -0.39 is 16.4 Å². The Morgan fingerprint density at radius 1 is 1.47 bits per heavy atom. The van der Waals surface area contributed by atoms with Gasteiger partial charge in [0.1, 0.15) is 0 Å². The first kappa shape index (κ1) is 12.4. The Balaban J connectivity index is 3.23. The van der Waals surface area contributed by atoms with Crippen molar-refractivity contribution in [3.63, 3.8) is 0 Å². The molecule has 82 valence electrons. The van der Waals surface area contributed by atoms with Crippen molar-refractivity contribution in [2.24, 2.45) is 0 Å². The molecule has 0 bridgehead atoms. The summed E-state index contributed by atoms with van der Waals surface area (Å²) in [5, 5.41) is 0.0482. The average Bonchev–Trinajstić information content (AvgIpc) is 2.14. The van der Waals surface area contributed by atoms with Crippen LogP contribution in [0, 0.1) is 0 Å². The van der Waals surface area contributed by atoms with Crippen LogP contribution < -0.4 is 0 Å². The Labute approximate surface area is 98.3 Å². The van der Waals surface area contributed by atoms with Crippen LogP contribution in [0.4, 0.5) is 8.78 Å². The van der Waals surface area contributed by atoms with Gasteiger partial charge in [-0.1, -0.05) is 11.6 Å². The number of hydrogen-bond acceptors (Lipinski definition) is 2. The van der Waals surface area contributed by atoms with E-state index in [9.17, 15) is 13.6 Å². The topological polar surface area (TPSA) is 26.3 Å². The van der Waals surface area contributed by atoms with E-state index in [1.54, 1.807) is 0 Å². The van der Waals surface area contributed by atoms with E-state index in [4.69, 9.17) is 11.6 Å². The van der Waals surface area contributed by atoms with Crippen LogP contribution in [0.3, 0.4) is 0 Å². The van der Waals surface area contributed by atoms with E-state index in [1.807, 2.05) is 0 Å². The van der Waals surface area contributed by atoms with Gasteiger partial charge in [-0.2, -0.15) is 8.78 Å². The molecule has 0 aliphatic heterocycles. The van der Waals surface area contributed by atoms with Crippen molar-refractivity contribution in [3.8, 4) is 0 Å². The fraction of sp³-hybridized carbons (Fsp3) is 0.222. The highest BCUT2D eigenvalue weighted by Crippen LogP contribution is 2.36. The second-order valence-corrected chi connectivity index (χ2v) is 4.15. The van der Waals surface area contributed by atoms with Crippen molar-refractivity contribution in [1.82, 2.24) is 0 Å². The van der Waals surface area contributed by atoms with Gasteiger partial charge in [-0.25, -0.2) is 4.79 Å². The lowest BCUT2D eigenvalue weighted by atomic mass is 10.1. The third kappa shape index (κ3) is 3.14. The fourth-order valence-corrected chi connectivity index (χ4v) is 1.45. The van der Waals surface area contributed by atoms with E-state index in [1.165, 1.54) is 6.07 Å². The normalized spacial score (nSPS) is 11.3. The molecule has 1 aromatic rings. The molecular weight excluding hydrogens is 293 g/mol. The number of hydrogen-bond donors (Lipinski definition) is 0. The molecular formula is C9H6BrClF2O2. The number of rotatable bonds is 2. The highest BCUT2D eigenvalue weighted by Gasteiger charge is 2.28. The van der Waals surface area contributed by atoms with Gasteiger partial charge in [-0.15, -0.1) is 0 Å². The van der Waals surface area contributed by atoms with E-state index in [0.717, 1.165) is 19.2 Å². The first-order valence-corrected chi connectivity index (χ1v) is 4.98. The van der Waals surface area contributed by atoms with Gasteiger partial charge in [-0.05, 0) is 34.1 Å². The first-order valence-electron chi connectivity index (χ1n) is 3.80. The third-order valence-corrected chi connectivity index (χ3v) is 2.32. The minimum absolute atomic E-state index is 0.0147. The molecule has 1 rings (SSSR count). The van der Waals surface area contributed by atoms with Crippen LogP contribution in [0.25, 0.3) is 0 Å². The summed E-state index contributed by atoms with van der Waals surface area (Å²) in [6.45, 7) is 0. The number of ether oxygens (including phenoxy) is 1. The summed E-state index contributed by atoms with van der Waals surface area (Å²) >= 11 is 7.78. The quantitative estimate of drug-likeness (QED) is 0.616. The molecule has 15 heavy (non-hydrogen) atoms. The van der Waals surface area contributed by atoms with Gasteiger partial charge in [0, 0.05) is 10.6 Å². The molecule has 0 saturated carbocycles. The molecule has 0 radical (unpaired) electrons. The molecule has 0 aliphatic rings. The lowest BCUT2D eigenvalue weighted by molar-refractivity contribution is 0.0600. The van der Waals surface area contributed by atoms with Crippen LogP contribution in [0.5, 0.6) is 0 Å². The van der Waals surface area contributed by atoms with Crippen LogP contribution in [-0.4, -0.2) is 13.1 Å². The Morgan fingerprint density at radius 2 is 2.07 bits per heavy atom. The summed E-state index contributed by atoms with van der Waals surface area (Å²) in [6, 6.07) is 3.35. The van der Waals surface area contributed by atoms with Gasteiger partial charge >= 0.3 is 10.8 Å². The summed E-state index contributed by atoms with van der Waals surface area (Å²) in [5.74, 6) is -0.713. The van der Waals surface area contributed by atoms with E-state index in [-0.39, 0.29) is 10.6 Å². The molecule has 0 N–H and O–H groups in total. The first-order chi connectivity index (χ1) is 6.84. The summed E-state index contributed by atoms with van der Waals surface area (Å²) in [4.78, 5) is 7.88. The van der Waals surface area contributed by atoms with Crippen molar-refractivity contribution in [1.29, 1.82) is 0 Å². The smallest absolute Gasteiger partial charge is 0.337 e. The van der Waals surface area contributed by atoms with Crippen molar-refractivity contribution < 1.29 is 18.3 Å². The highest BCUT2D eigenvalue weighted by atomic mass is 79.9. The number of halogens is 4. The predicted octanol–water partition coefficient (Wildman–Crippen LogP) is 3.57. The molecule has 0 aromatic heterocycles. The largest absolute Gasteiger partial charge is 0.465 e. The van der Waals surface area contributed by atoms with Crippen molar-refractivity contribution in [2.75, 3.05) is 7.11 Å². The third-order valence-electron chi connectivity index (χ3n) is 1.65. The van der Waals surface area contributed by atoms with E-state index >= 15 is 0 Å². The fourth-order valence-electron chi connectivity index (χ4n) is 0.989. The zero-order chi connectivity index (χ0) is 11.6. The van der Waals surface area contributed by atoms with Crippen molar-refractivity contribution in [3.05, 3.63) is 34.3 Å². The zero-order valence-corrected chi connectivity index (χ0v) is 9.90. The van der Waals surface area contributed by atoms with E-state index in [2.05, 4.69) is 20.7 Å². The summed E-state index contributed by atoms with van der Waals surface area (Å²) in [7, 11) is 1.16. The number of carbonyl (C=O) groups is 1. The molecule has 6 heteroatoms. The van der Waals surface area contributed by atoms with Gasteiger partial charge in [0.05, 0.1) is 12.7 Å². The Bertz CT molecular complexity index is 390. The zero-order valence-electron chi connectivity index (χ0n) is 7.56. The van der Waals surface area contributed by atoms with E-state index in [0.29, 0.717) is 0 Å². The SMILES string of the molecule is COC(=O)c1cc(Cl)cc(C(F)(F)Br)c1. The summed E-state index contributed by atoms with van der Waals surface area (Å²) < 4.78 is 30.2. The summed E-state index contributed by atoms with van der Waals surface area (Å²) in [6.07, 6.45) is 0. The maximum Gasteiger partial charge on any atom is 0.337 e. The molecule has 1 aromatic carbocycles. The minimum Gasteiger partial charge on any atom is -0.465 e. The van der Waals surface area contributed by atoms with Crippen LogP contribution in [-0.2, 0) is 9.57 Å². The van der Waals surface area contributed by atoms with Gasteiger partial charge in [-0.3, -0.25) is 0 Å². The van der Waals surface area contributed by atoms with Crippen LogP contribution >= 0.6 is 27.5 Å². The van der Waals surface area contributed by atoms with Gasteiger partial charge in [0.2, 0.25) is 0 Å². The number of methoxy groups -OCH3 is 1. The number of carbonyl (C=O) groups excluding carboxylic acids is 1. The molecule has 0 saturated heterocycles. The average molecular weight is 299 g/mol. The highest BCUT2D eigenvalue weighted by molar-refractivity contribution is 9.09. The second-order valence-electron chi connectivity index (χ2n) is 2.72. The summed E-state index contributed by atoms with van der Waals surface area (Å²) in [5.41, 5.74) is -0.408. The lowest BCUT2D eigenvalue weighted by Crippen LogP contribution is -2.07. The van der Waals surface area contributed by atoms with Crippen molar-refractivity contribution in [2.45, 2.75) is 4.83 Å². The Morgan fingerprint density at radius 3 is 2.53 bits per heavy atom. The lowest BCUT2D eigenvalue weighted by Gasteiger charge is -2.10. The molecule has 0 amide bonds. The molecule has 0 atom stereocenters. The van der Waals surface area contributed by atoms with Crippen LogP contribution in [0.15, 0.2) is 18.2 Å². The van der Waals surface area contributed by atoms with Gasteiger partial charge < -0.3 is 4.74 Å². The molecule has 0 fully saturated rings. The second kappa shape index (κ2) is 4.45. The van der Waals surface area contributed by atoms with Crippen LogP contribution in [0.1, 0.15) is 15.9 Å². The molecule has 0 aliphatic carbocycles. The predicted molar refractivity (Wildman–Crippen MR) is 55.6 cm³/mol. The molecule has 2 nitrogen and oxygen atoms in total. The molecule has 0 unspecified atom stereocenters. The maximum atomic E-state index is 12.9. The number of alkyl halides is 3. The molecule has 0 heterocycles. The van der Waals surface area contributed by atoms with Crippen LogP contribution in [0.2, 0.25) is 5.02 Å². The van der Waals surface area contributed by atoms with Gasteiger partial charge in [0.15, 0.2) is 0 Å². The van der Waals surface area contributed by atoms with Crippen molar-refractivity contribution >= 4 is 33.5 Å². The minimum atomic E-state index is -3.22. The Hall–Kier alpha value is -0.680. The maximum absolute atomic E-state index is 12.9. The standard InChI is InChI=1S/C9H6BrClF2O2/c1-15-8(14)5-2-6(9(10,12)13)4-7(11)3-5/h2-4H,1H3. The number of esters is 1. The number of benzene rings is 1. The monoisotopic (exact) mass is 298 g/mol. The molecule has 0 spiro atoms. The Kier molecular flexibility index (Phi) is 3.67.